The van der Waals surface area contributed by atoms with E-state index in [1.807, 2.05) is 9.47 Å². The number of nitrogens with zero attached hydrogens (tertiary/aromatic N) is 6. The van der Waals surface area contributed by atoms with Gasteiger partial charge in [0.2, 0.25) is 0 Å². The molecule has 0 aliphatic carbocycles. The van der Waals surface area contributed by atoms with Crippen molar-refractivity contribution in [3.8, 4) is 0 Å². The molecule has 0 saturated carbocycles. The quantitative estimate of drug-likeness (QED) is 0.472. The summed E-state index contributed by atoms with van der Waals surface area (Å²) in [7, 11) is 1.76. The Hall–Kier alpha value is -2.71. The van der Waals surface area contributed by atoms with Crippen molar-refractivity contribution in [3.63, 3.8) is 0 Å². The van der Waals surface area contributed by atoms with Crippen molar-refractivity contribution in [2.24, 2.45) is 4.99 Å². The number of aryl methyl sites for hydroxylation is 1. The van der Waals surface area contributed by atoms with Gasteiger partial charge in [0, 0.05) is 52.4 Å². The minimum Gasteiger partial charge on any atom is -0.366 e. The monoisotopic (exact) mass is 377 g/mol. The third-order valence-electron chi connectivity index (χ3n) is 4.63. The molecule has 0 spiro atoms. The number of benzene rings is 1. The highest BCUT2D eigenvalue weighted by Gasteiger charge is 2.21. The molecule has 1 aliphatic heterocycles. The molecule has 0 atom stereocenters. The van der Waals surface area contributed by atoms with Crippen molar-refractivity contribution in [1.82, 2.24) is 25.0 Å². The van der Waals surface area contributed by atoms with Crippen LogP contribution in [0.1, 0.15) is 12.8 Å². The molecular weight excluding hydrogens is 352 g/mol. The van der Waals surface area contributed by atoms with Gasteiger partial charge in [-0.2, -0.15) is 0 Å². The van der Waals surface area contributed by atoms with E-state index in [-0.39, 0.29) is 5.82 Å². The van der Waals surface area contributed by atoms with Gasteiger partial charge in [-0.05, 0) is 25.0 Å². The molecule has 2 heterocycles. The van der Waals surface area contributed by atoms with Gasteiger partial charge in [0.15, 0.2) is 5.96 Å². The van der Waals surface area contributed by atoms with E-state index < -0.39 is 5.82 Å². The van der Waals surface area contributed by atoms with E-state index in [0.717, 1.165) is 38.0 Å². The van der Waals surface area contributed by atoms with Crippen molar-refractivity contribution in [3.05, 3.63) is 42.5 Å². The molecule has 0 bridgehead atoms. The third-order valence-corrected chi connectivity index (χ3v) is 4.63. The number of nitrogens with one attached hydrogen (secondary N) is 1. The van der Waals surface area contributed by atoms with E-state index in [1.165, 1.54) is 12.1 Å². The minimum atomic E-state index is -0.419. The molecule has 1 aromatic carbocycles. The smallest absolute Gasteiger partial charge is 0.193 e. The summed E-state index contributed by atoms with van der Waals surface area (Å²) in [5.74, 6) is 0.0388. The van der Waals surface area contributed by atoms with E-state index in [4.69, 9.17) is 0 Å². The van der Waals surface area contributed by atoms with Crippen molar-refractivity contribution < 1.29 is 8.78 Å². The predicted molar refractivity (Wildman–Crippen MR) is 101 cm³/mol. The van der Waals surface area contributed by atoms with E-state index in [0.29, 0.717) is 31.9 Å². The van der Waals surface area contributed by atoms with Crippen LogP contribution in [0.4, 0.5) is 14.5 Å². The number of aromatic nitrogens is 3. The molecule has 27 heavy (non-hydrogen) atoms. The van der Waals surface area contributed by atoms with Crippen LogP contribution in [0.3, 0.4) is 0 Å². The molecule has 146 valence electrons. The Labute approximate surface area is 157 Å². The lowest BCUT2D eigenvalue weighted by Crippen LogP contribution is -2.52. The Bertz CT molecular complexity index is 740. The zero-order valence-electron chi connectivity index (χ0n) is 15.5. The fourth-order valence-corrected chi connectivity index (χ4v) is 3.18. The van der Waals surface area contributed by atoms with E-state index >= 15 is 0 Å². The van der Waals surface area contributed by atoms with Gasteiger partial charge in [-0.15, -0.1) is 10.2 Å². The molecule has 1 fully saturated rings. The maximum Gasteiger partial charge on any atom is 0.193 e. The molecular formula is C18H25F2N7. The number of halogens is 2. The molecule has 3 rings (SSSR count). The first-order valence-electron chi connectivity index (χ1n) is 9.15. The number of guanidine groups is 1. The average molecular weight is 377 g/mol. The number of rotatable bonds is 6. The number of unbranched alkanes of at least 4 members (excludes halogenated alkanes) is 1. The number of aliphatic imine (C=N–C) groups is 1. The summed E-state index contributed by atoms with van der Waals surface area (Å²) in [4.78, 5) is 8.37. The Kier molecular flexibility index (Phi) is 6.56. The Morgan fingerprint density at radius 1 is 1.11 bits per heavy atom. The summed E-state index contributed by atoms with van der Waals surface area (Å²) in [6.45, 7) is 4.37. The van der Waals surface area contributed by atoms with Crippen LogP contribution in [0.25, 0.3) is 0 Å². The average Bonchev–Trinajstić information content (AvgIpc) is 3.20. The van der Waals surface area contributed by atoms with Crippen LogP contribution in [0.5, 0.6) is 0 Å². The molecule has 0 radical (unpaired) electrons. The summed E-state index contributed by atoms with van der Waals surface area (Å²) >= 11 is 0. The largest absolute Gasteiger partial charge is 0.366 e. The summed E-state index contributed by atoms with van der Waals surface area (Å²) in [5.41, 5.74) is 0.326. The molecule has 9 heteroatoms. The SMILES string of the molecule is CN=C(NCCCCn1cnnc1)N1CCN(c2cc(F)ccc2F)CC1. The lowest BCUT2D eigenvalue weighted by atomic mass is 10.2. The van der Waals surface area contributed by atoms with Gasteiger partial charge < -0.3 is 19.7 Å². The van der Waals surface area contributed by atoms with Crippen molar-refractivity contribution >= 4 is 11.6 Å². The Morgan fingerprint density at radius 3 is 2.56 bits per heavy atom. The summed E-state index contributed by atoms with van der Waals surface area (Å²) in [6, 6.07) is 3.58. The van der Waals surface area contributed by atoms with Crippen LogP contribution < -0.4 is 10.2 Å². The highest BCUT2D eigenvalue weighted by Crippen LogP contribution is 2.21. The van der Waals surface area contributed by atoms with Gasteiger partial charge in [-0.25, -0.2) is 8.78 Å². The Morgan fingerprint density at radius 2 is 1.85 bits per heavy atom. The number of hydrogen-bond acceptors (Lipinski definition) is 4. The first kappa shape index (κ1) is 19.1. The first-order chi connectivity index (χ1) is 13.2. The highest BCUT2D eigenvalue weighted by molar-refractivity contribution is 5.80. The van der Waals surface area contributed by atoms with E-state index in [9.17, 15) is 8.78 Å². The third kappa shape index (κ3) is 5.15. The molecule has 2 aromatic rings. The van der Waals surface area contributed by atoms with Crippen molar-refractivity contribution in [2.75, 3.05) is 44.7 Å². The number of anilines is 1. The normalized spacial score (nSPS) is 15.3. The van der Waals surface area contributed by atoms with Gasteiger partial charge in [0.25, 0.3) is 0 Å². The number of piperazine rings is 1. The second-order valence-corrected chi connectivity index (χ2v) is 6.45. The van der Waals surface area contributed by atoms with Crippen LogP contribution >= 0.6 is 0 Å². The molecule has 7 nitrogen and oxygen atoms in total. The Balaban J connectivity index is 1.42. The summed E-state index contributed by atoms with van der Waals surface area (Å²) in [6.07, 6.45) is 5.46. The van der Waals surface area contributed by atoms with Crippen LogP contribution in [0, 0.1) is 11.6 Å². The summed E-state index contributed by atoms with van der Waals surface area (Å²) in [5, 5.41) is 10.9. The zero-order chi connectivity index (χ0) is 19.1. The maximum absolute atomic E-state index is 13.9. The molecule has 1 N–H and O–H groups in total. The minimum absolute atomic E-state index is 0.326. The lowest BCUT2D eigenvalue weighted by molar-refractivity contribution is 0.370. The fraction of sp³-hybridized carbons (Fsp3) is 0.500. The molecule has 1 saturated heterocycles. The summed E-state index contributed by atoms with van der Waals surface area (Å²) < 4.78 is 29.3. The van der Waals surface area contributed by atoms with E-state index in [1.54, 1.807) is 19.7 Å². The van der Waals surface area contributed by atoms with Crippen LogP contribution in [-0.2, 0) is 6.54 Å². The number of hydrogen-bond donors (Lipinski definition) is 1. The topological polar surface area (TPSA) is 61.6 Å². The van der Waals surface area contributed by atoms with Crippen LogP contribution in [0.2, 0.25) is 0 Å². The van der Waals surface area contributed by atoms with E-state index in [2.05, 4.69) is 25.4 Å². The predicted octanol–water partition coefficient (Wildman–Crippen LogP) is 1.73. The van der Waals surface area contributed by atoms with Crippen molar-refractivity contribution in [2.45, 2.75) is 19.4 Å². The first-order valence-corrected chi connectivity index (χ1v) is 9.15. The van der Waals surface area contributed by atoms with Crippen LogP contribution in [-0.4, -0.2) is 65.4 Å². The maximum atomic E-state index is 13.9. The van der Waals surface area contributed by atoms with Gasteiger partial charge in [0.05, 0.1) is 5.69 Å². The second kappa shape index (κ2) is 9.29. The standard InChI is InChI=1S/C18H25F2N7/c1-21-18(22-6-2-3-7-25-13-23-24-14-25)27-10-8-26(9-11-27)17-12-15(19)4-5-16(17)20/h4-5,12-14H,2-3,6-11H2,1H3,(H,21,22). The highest BCUT2D eigenvalue weighted by atomic mass is 19.1. The zero-order valence-corrected chi connectivity index (χ0v) is 15.5. The second-order valence-electron chi connectivity index (χ2n) is 6.45. The lowest BCUT2D eigenvalue weighted by Gasteiger charge is -2.37. The molecule has 0 amide bonds. The van der Waals surface area contributed by atoms with Gasteiger partial charge >= 0.3 is 0 Å². The van der Waals surface area contributed by atoms with Gasteiger partial charge in [-0.3, -0.25) is 4.99 Å². The molecule has 1 aromatic heterocycles. The van der Waals surface area contributed by atoms with Gasteiger partial charge in [-0.1, -0.05) is 0 Å². The van der Waals surface area contributed by atoms with Crippen LogP contribution in [0.15, 0.2) is 35.8 Å². The molecule has 1 aliphatic rings. The molecule has 0 unspecified atom stereocenters. The fourth-order valence-electron chi connectivity index (χ4n) is 3.18. The van der Waals surface area contributed by atoms with Crippen molar-refractivity contribution in [1.29, 1.82) is 0 Å². The van der Waals surface area contributed by atoms with Gasteiger partial charge in [0.1, 0.15) is 24.3 Å².